The van der Waals surface area contributed by atoms with Crippen LogP contribution >= 0.6 is 0 Å². The highest BCUT2D eigenvalue weighted by Gasteiger charge is 2.22. The van der Waals surface area contributed by atoms with Gasteiger partial charge in [0.05, 0.1) is 18.0 Å². The maximum atomic E-state index is 13.0. The number of hydrogen-bond acceptors (Lipinski definition) is 6. The van der Waals surface area contributed by atoms with E-state index in [1.54, 1.807) is 32.2 Å². The quantitative estimate of drug-likeness (QED) is 0.243. The third-order valence-electron chi connectivity index (χ3n) is 6.37. The van der Waals surface area contributed by atoms with Gasteiger partial charge in [-0.25, -0.2) is 4.79 Å². The molecular weight excluding hydrogens is 458 g/mol. The molecular formula is C29H29NO6. The van der Waals surface area contributed by atoms with Crippen LogP contribution in [0.5, 0.6) is 0 Å². The fourth-order valence-electron chi connectivity index (χ4n) is 4.68. The summed E-state index contributed by atoms with van der Waals surface area (Å²) in [7, 11) is 1.63. The van der Waals surface area contributed by atoms with Crippen LogP contribution in [0.3, 0.4) is 0 Å². The van der Waals surface area contributed by atoms with E-state index >= 15 is 0 Å². The number of carbonyl (C=O) groups is 2. The van der Waals surface area contributed by atoms with Crippen LogP contribution in [0.2, 0.25) is 0 Å². The molecule has 0 fully saturated rings. The Kier molecular flexibility index (Phi) is 7.22. The van der Waals surface area contributed by atoms with Gasteiger partial charge in [0.2, 0.25) is 5.78 Å². The maximum absolute atomic E-state index is 13.0. The van der Waals surface area contributed by atoms with Crippen LogP contribution in [0, 0.1) is 20.8 Å². The molecule has 1 unspecified atom stereocenters. The molecule has 0 aliphatic rings. The Morgan fingerprint density at radius 2 is 1.72 bits per heavy atom. The molecule has 2 heterocycles. The van der Waals surface area contributed by atoms with E-state index in [2.05, 4.69) is 0 Å². The molecule has 4 rings (SSSR count). The first-order valence-electron chi connectivity index (χ1n) is 11.7. The third kappa shape index (κ3) is 4.62. The molecule has 0 aliphatic carbocycles. The fraction of sp³-hybridized carbons (Fsp3) is 0.276. The number of benzene rings is 2. The van der Waals surface area contributed by atoms with E-state index in [1.807, 2.05) is 55.7 Å². The largest absolute Gasteiger partial charge is 0.455 e. The molecule has 0 saturated heterocycles. The molecule has 2 aromatic carbocycles. The highest BCUT2D eigenvalue weighted by molar-refractivity contribution is 6.04. The molecule has 4 aromatic rings. The zero-order valence-corrected chi connectivity index (χ0v) is 21.1. The van der Waals surface area contributed by atoms with Gasteiger partial charge in [0.15, 0.2) is 17.6 Å². The molecule has 0 bridgehead atoms. The standard InChI is InChI=1S/C29H29NO6/c1-17-14-24(20(4)30(17)18(2)15-34-5)25(31)16-35-29(33)23-13-9-12-22-26(32)19(3)27(36-28(22)23)21-10-7-6-8-11-21/h6-14,18H,15-16H2,1-5H3. The predicted molar refractivity (Wildman–Crippen MR) is 138 cm³/mol. The molecule has 0 aliphatic heterocycles. The van der Waals surface area contributed by atoms with Crippen LogP contribution < -0.4 is 5.43 Å². The van der Waals surface area contributed by atoms with Gasteiger partial charge < -0.3 is 18.5 Å². The summed E-state index contributed by atoms with van der Waals surface area (Å²) in [5.41, 5.74) is 3.39. The molecule has 36 heavy (non-hydrogen) atoms. The molecule has 7 heteroatoms. The number of ether oxygens (including phenoxy) is 2. The normalized spacial score (nSPS) is 12.0. The first-order chi connectivity index (χ1) is 17.2. The number of methoxy groups -OCH3 is 1. The summed E-state index contributed by atoms with van der Waals surface area (Å²) in [6.07, 6.45) is 0. The van der Waals surface area contributed by atoms with E-state index in [-0.39, 0.29) is 33.8 Å². The number of Topliss-reactive ketones (excluding diaryl/α,β-unsaturated/α-hetero) is 1. The number of ketones is 1. The van der Waals surface area contributed by atoms with Gasteiger partial charge in [-0.1, -0.05) is 36.4 Å². The number of rotatable bonds is 8. The van der Waals surface area contributed by atoms with E-state index in [0.717, 1.165) is 17.0 Å². The smallest absolute Gasteiger partial charge is 0.342 e. The number of esters is 1. The SMILES string of the molecule is COCC(C)n1c(C)cc(C(=O)COC(=O)c2cccc3c(=O)c(C)c(-c4ccccc4)oc23)c1C. The van der Waals surface area contributed by atoms with Crippen LogP contribution in [0.25, 0.3) is 22.3 Å². The summed E-state index contributed by atoms with van der Waals surface area (Å²) in [5.74, 6) is -0.654. The van der Waals surface area contributed by atoms with Gasteiger partial charge in [0.25, 0.3) is 0 Å². The molecule has 0 spiro atoms. The lowest BCUT2D eigenvalue weighted by Crippen LogP contribution is -2.17. The number of para-hydroxylation sites is 1. The summed E-state index contributed by atoms with van der Waals surface area (Å²) in [5, 5.41) is 0.281. The van der Waals surface area contributed by atoms with Crippen LogP contribution in [0.15, 0.2) is 63.8 Å². The number of nitrogens with zero attached hydrogens (tertiary/aromatic N) is 1. The number of aromatic nitrogens is 1. The van der Waals surface area contributed by atoms with Crippen molar-refractivity contribution in [3.05, 3.63) is 92.9 Å². The van der Waals surface area contributed by atoms with Crippen LogP contribution in [0.1, 0.15) is 50.6 Å². The van der Waals surface area contributed by atoms with Crippen molar-refractivity contribution in [1.29, 1.82) is 0 Å². The van der Waals surface area contributed by atoms with Crippen molar-refractivity contribution in [2.45, 2.75) is 33.7 Å². The van der Waals surface area contributed by atoms with Gasteiger partial charge >= 0.3 is 5.97 Å². The fourth-order valence-corrected chi connectivity index (χ4v) is 4.68. The molecule has 0 radical (unpaired) electrons. The van der Waals surface area contributed by atoms with E-state index in [9.17, 15) is 14.4 Å². The van der Waals surface area contributed by atoms with Crippen molar-refractivity contribution in [3.8, 4) is 11.3 Å². The summed E-state index contributed by atoms with van der Waals surface area (Å²) in [6, 6.07) is 15.8. The number of aryl methyl sites for hydroxylation is 1. The highest BCUT2D eigenvalue weighted by Crippen LogP contribution is 2.28. The van der Waals surface area contributed by atoms with E-state index in [0.29, 0.717) is 23.5 Å². The van der Waals surface area contributed by atoms with Crippen molar-refractivity contribution in [2.75, 3.05) is 20.3 Å². The lowest BCUT2D eigenvalue weighted by Gasteiger charge is -2.17. The first-order valence-corrected chi connectivity index (χ1v) is 11.7. The summed E-state index contributed by atoms with van der Waals surface area (Å²) < 4.78 is 18.8. The lowest BCUT2D eigenvalue weighted by atomic mass is 10.0. The summed E-state index contributed by atoms with van der Waals surface area (Å²) in [6.45, 7) is 7.57. The Bertz CT molecular complexity index is 1500. The second-order valence-corrected chi connectivity index (χ2v) is 8.89. The molecule has 7 nitrogen and oxygen atoms in total. The Labute approximate surface area is 209 Å². The van der Waals surface area contributed by atoms with E-state index < -0.39 is 12.6 Å². The summed E-state index contributed by atoms with van der Waals surface area (Å²) >= 11 is 0. The van der Waals surface area contributed by atoms with Crippen molar-refractivity contribution in [3.63, 3.8) is 0 Å². The minimum atomic E-state index is -0.735. The van der Waals surface area contributed by atoms with Gasteiger partial charge in [-0.2, -0.15) is 0 Å². The Morgan fingerprint density at radius 3 is 2.42 bits per heavy atom. The Balaban J connectivity index is 1.62. The topological polar surface area (TPSA) is 87.7 Å². The van der Waals surface area contributed by atoms with Crippen LogP contribution in [-0.2, 0) is 9.47 Å². The number of carbonyl (C=O) groups excluding carboxylic acids is 2. The van der Waals surface area contributed by atoms with E-state index in [1.165, 1.54) is 6.07 Å². The number of fused-ring (bicyclic) bond motifs is 1. The maximum Gasteiger partial charge on any atom is 0.342 e. The molecule has 0 N–H and O–H groups in total. The van der Waals surface area contributed by atoms with Crippen molar-refractivity contribution in [2.24, 2.45) is 0 Å². The first kappa shape index (κ1) is 25.1. The van der Waals surface area contributed by atoms with Crippen molar-refractivity contribution in [1.82, 2.24) is 4.57 Å². The predicted octanol–water partition coefficient (Wildman–Crippen LogP) is 5.43. The highest BCUT2D eigenvalue weighted by atomic mass is 16.5. The third-order valence-corrected chi connectivity index (χ3v) is 6.37. The average molecular weight is 488 g/mol. The Hall–Kier alpha value is -3.97. The average Bonchev–Trinajstić information content (AvgIpc) is 3.18. The molecule has 0 amide bonds. The van der Waals surface area contributed by atoms with Crippen LogP contribution in [0.4, 0.5) is 0 Å². The molecule has 0 saturated carbocycles. The van der Waals surface area contributed by atoms with Gasteiger partial charge in [-0.15, -0.1) is 0 Å². The second-order valence-electron chi connectivity index (χ2n) is 8.89. The minimum absolute atomic E-state index is 0.0555. The van der Waals surface area contributed by atoms with Gasteiger partial charge in [-0.3, -0.25) is 9.59 Å². The van der Waals surface area contributed by atoms with E-state index in [4.69, 9.17) is 13.9 Å². The Morgan fingerprint density at radius 1 is 1.00 bits per heavy atom. The molecule has 1 atom stereocenters. The second kappa shape index (κ2) is 10.3. The van der Waals surface area contributed by atoms with Gasteiger partial charge in [0.1, 0.15) is 11.3 Å². The summed E-state index contributed by atoms with van der Waals surface area (Å²) in [4.78, 5) is 39.0. The number of hydrogen-bond donors (Lipinski definition) is 0. The molecule has 186 valence electrons. The monoisotopic (exact) mass is 487 g/mol. The van der Waals surface area contributed by atoms with Gasteiger partial charge in [-0.05, 0) is 45.9 Å². The zero-order chi connectivity index (χ0) is 26.0. The van der Waals surface area contributed by atoms with Crippen molar-refractivity contribution < 1.29 is 23.5 Å². The molecule has 2 aromatic heterocycles. The van der Waals surface area contributed by atoms with Crippen LogP contribution in [-0.4, -0.2) is 36.6 Å². The van der Waals surface area contributed by atoms with Crippen molar-refractivity contribution >= 4 is 22.7 Å². The lowest BCUT2D eigenvalue weighted by molar-refractivity contribution is 0.0475. The van der Waals surface area contributed by atoms with Gasteiger partial charge in [0, 0.05) is 35.2 Å². The minimum Gasteiger partial charge on any atom is -0.455 e. The zero-order valence-electron chi connectivity index (χ0n) is 21.1.